The van der Waals surface area contributed by atoms with Crippen molar-refractivity contribution in [1.82, 2.24) is 4.90 Å². The Balaban J connectivity index is 2.41. The van der Waals surface area contributed by atoms with Crippen molar-refractivity contribution in [1.29, 1.82) is 0 Å². The molecular formula is C14H23NO5. The topological polar surface area (TPSA) is 72.9 Å². The van der Waals surface area contributed by atoms with Gasteiger partial charge < -0.3 is 14.4 Å². The van der Waals surface area contributed by atoms with Crippen LogP contribution in [0.15, 0.2) is 0 Å². The standard InChI is InChI=1S/C14H23NO5/c1-3-19-12(16)7-9-15(14(18)11-5-6-11)10-8-13(17)20-4-2/h11H,3-10H2,1-2H3. The van der Waals surface area contributed by atoms with Gasteiger partial charge in [-0.15, -0.1) is 0 Å². The molecule has 0 aromatic carbocycles. The van der Waals surface area contributed by atoms with E-state index < -0.39 is 0 Å². The zero-order valence-electron chi connectivity index (χ0n) is 12.2. The van der Waals surface area contributed by atoms with E-state index in [0.717, 1.165) is 12.8 Å². The molecule has 0 spiro atoms. The monoisotopic (exact) mass is 285 g/mol. The lowest BCUT2D eigenvalue weighted by Crippen LogP contribution is -2.36. The van der Waals surface area contributed by atoms with Gasteiger partial charge in [0.15, 0.2) is 0 Å². The third kappa shape index (κ3) is 6.04. The van der Waals surface area contributed by atoms with E-state index in [9.17, 15) is 14.4 Å². The van der Waals surface area contributed by atoms with Crippen LogP contribution in [0.4, 0.5) is 0 Å². The molecule has 0 atom stereocenters. The lowest BCUT2D eigenvalue weighted by atomic mass is 10.2. The number of rotatable bonds is 9. The Morgan fingerprint density at radius 3 is 1.75 bits per heavy atom. The smallest absolute Gasteiger partial charge is 0.307 e. The van der Waals surface area contributed by atoms with Crippen molar-refractivity contribution in [2.75, 3.05) is 26.3 Å². The van der Waals surface area contributed by atoms with Gasteiger partial charge in [-0.1, -0.05) is 0 Å². The molecule has 0 aliphatic heterocycles. The van der Waals surface area contributed by atoms with E-state index in [1.165, 1.54) is 0 Å². The van der Waals surface area contributed by atoms with Crippen molar-refractivity contribution in [2.45, 2.75) is 39.5 Å². The van der Waals surface area contributed by atoms with E-state index in [2.05, 4.69) is 0 Å². The van der Waals surface area contributed by atoms with Crippen LogP contribution in [-0.2, 0) is 23.9 Å². The minimum Gasteiger partial charge on any atom is -0.466 e. The summed E-state index contributed by atoms with van der Waals surface area (Å²) >= 11 is 0. The molecule has 1 aliphatic rings. The van der Waals surface area contributed by atoms with Crippen LogP contribution in [0.2, 0.25) is 0 Å². The van der Waals surface area contributed by atoms with Crippen LogP contribution in [-0.4, -0.2) is 49.0 Å². The second kappa shape index (κ2) is 8.55. The summed E-state index contributed by atoms with van der Waals surface area (Å²) in [5.41, 5.74) is 0. The van der Waals surface area contributed by atoms with E-state index in [1.807, 2.05) is 0 Å². The minimum absolute atomic E-state index is 0.0265. The van der Waals surface area contributed by atoms with Crippen LogP contribution in [0.3, 0.4) is 0 Å². The molecule has 114 valence electrons. The predicted octanol–water partition coefficient (Wildman–Crippen LogP) is 1.13. The fourth-order valence-corrected chi connectivity index (χ4v) is 1.84. The van der Waals surface area contributed by atoms with Gasteiger partial charge in [0.05, 0.1) is 26.1 Å². The van der Waals surface area contributed by atoms with Crippen molar-refractivity contribution in [3.05, 3.63) is 0 Å². The number of hydrogen-bond donors (Lipinski definition) is 0. The van der Waals surface area contributed by atoms with Gasteiger partial charge in [-0.05, 0) is 26.7 Å². The number of nitrogens with zero attached hydrogens (tertiary/aromatic N) is 1. The van der Waals surface area contributed by atoms with Crippen molar-refractivity contribution in [3.8, 4) is 0 Å². The maximum atomic E-state index is 12.1. The lowest BCUT2D eigenvalue weighted by Gasteiger charge is -2.21. The van der Waals surface area contributed by atoms with Crippen LogP contribution in [0.25, 0.3) is 0 Å². The van der Waals surface area contributed by atoms with Gasteiger partial charge in [0, 0.05) is 19.0 Å². The van der Waals surface area contributed by atoms with Gasteiger partial charge in [-0.3, -0.25) is 14.4 Å². The highest BCUT2D eigenvalue weighted by Crippen LogP contribution is 2.31. The highest BCUT2D eigenvalue weighted by molar-refractivity contribution is 5.82. The summed E-state index contributed by atoms with van der Waals surface area (Å²) in [7, 11) is 0. The van der Waals surface area contributed by atoms with E-state index in [1.54, 1.807) is 18.7 Å². The number of carbonyl (C=O) groups excluding carboxylic acids is 3. The summed E-state index contributed by atoms with van der Waals surface area (Å²) in [6.07, 6.45) is 2.12. The molecular weight excluding hydrogens is 262 g/mol. The fraction of sp³-hybridized carbons (Fsp3) is 0.786. The van der Waals surface area contributed by atoms with Gasteiger partial charge in [-0.2, -0.15) is 0 Å². The Bertz CT molecular complexity index is 329. The molecule has 1 fully saturated rings. The normalized spacial score (nSPS) is 13.7. The van der Waals surface area contributed by atoms with Gasteiger partial charge in [0.25, 0.3) is 0 Å². The molecule has 0 radical (unpaired) electrons. The van der Waals surface area contributed by atoms with E-state index >= 15 is 0 Å². The fourth-order valence-electron chi connectivity index (χ4n) is 1.84. The van der Waals surface area contributed by atoms with Crippen molar-refractivity contribution in [3.63, 3.8) is 0 Å². The lowest BCUT2D eigenvalue weighted by molar-refractivity contribution is -0.144. The Labute approximate surface area is 119 Å². The summed E-state index contributed by atoms with van der Waals surface area (Å²) < 4.78 is 9.69. The third-order valence-electron chi connectivity index (χ3n) is 3.02. The number of ether oxygens (including phenoxy) is 2. The first-order valence-electron chi connectivity index (χ1n) is 7.18. The average molecular weight is 285 g/mol. The molecule has 20 heavy (non-hydrogen) atoms. The molecule has 0 bridgehead atoms. The number of amides is 1. The summed E-state index contributed by atoms with van der Waals surface area (Å²) in [6, 6.07) is 0. The van der Waals surface area contributed by atoms with Crippen LogP contribution >= 0.6 is 0 Å². The Hall–Kier alpha value is -1.59. The number of hydrogen-bond acceptors (Lipinski definition) is 5. The van der Waals surface area contributed by atoms with Gasteiger partial charge in [0.1, 0.15) is 0 Å². The van der Waals surface area contributed by atoms with Crippen LogP contribution in [0.5, 0.6) is 0 Å². The maximum absolute atomic E-state index is 12.1. The van der Waals surface area contributed by atoms with Crippen molar-refractivity contribution in [2.24, 2.45) is 5.92 Å². The Morgan fingerprint density at radius 2 is 1.40 bits per heavy atom. The van der Waals surface area contributed by atoms with E-state index in [4.69, 9.17) is 9.47 Å². The highest BCUT2D eigenvalue weighted by atomic mass is 16.5. The molecule has 1 rings (SSSR count). The molecule has 0 saturated heterocycles. The summed E-state index contributed by atoms with van der Waals surface area (Å²) in [5, 5.41) is 0. The van der Waals surface area contributed by atoms with Crippen LogP contribution in [0, 0.1) is 5.92 Å². The molecule has 0 N–H and O–H groups in total. The number of carbonyl (C=O) groups is 3. The average Bonchev–Trinajstić information content (AvgIpc) is 3.23. The molecule has 1 saturated carbocycles. The van der Waals surface area contributed by atoms with E-state index in [0.29, 0.717) is 26.3 Å². The summed E-state index contributed by atoms with van der Waals surface area (Å²) in [5.74, 6) is -0.549. The molecule has 0 aromatic rings. The molecule has 0 unspecified atom stereocenters. The molecule has 1 amide bonds. The molecule has 0 heterocycles. The molecule has 6 nitrogen and oxygen atoms in total. The van der Waals surface area contributed by atoms with Crippen LogP contribution < -0.4 is 0 Å². The zero-order chi connectivity index (χ0) is 15.0. The summed E-state index contributed by atoms with van der Waals surface area (Å²) in [6.45, 7) is 4.75. The second-order valence-electron chi connectivity index (χ2n) is 4.71. The van der Waals surface area contributed by atoms with Gasteiger partial charge in [-0.25, -0.2) is 0 Å². The van der Waals surface area contributed by atoms with E-state index in [-0.39, 0.29) is 36.6 Å². The first kappa shape index (κ1) is 16.5. The highest BCUT2D eigenvalue weighted by Gasteiger charge is 2.33. The molecule has 6 heteroatoms. The Kier molecular flexibility index (Phi) is 7.04. The third-order valence-corrected chi connectivity index (χ3v) is 3.02. The van der Waals surface area contributed by atoms with Gasteiger partial charge in [0.2, 0.25) is 5.91 Å². The second-order valence-corrected chi connectivity index (χ2v) is 4.71. The maximum Gasteiger partial charge on any atom is 0.307 e. The first-order valence-corrected chi connectivity index (χ1v) is 7.18. The van der Waals surface area contributed by atoms with Crippen molar-refractivity contribution < 1.29 is 23.9 Å². The van der Waals surface area contributed by atoms with Gasteiger partial charge >= 0.3 is 11.9 Å². The molecule has 0 aromatic heterocycles. The Morgan fingerprint density at radius 1 is 0.950 bits per heavy atom. The zero-order valence-corrected chi connectivity index (χ0v) is 12.2. The first-order chi connectivity index (χ1) is 9.58. The predicted molar refractivity (Wildman–Crippen MR) is 71.8 cm³/mol. The van der Waals surface area contributed by atoms with Crippen molar-refractivity contribution >= 4 is 17.8 Å². The molecule has 1 aliphatic carbocycles. The minimum atomic E-state index is -0.322. The quantitative estimate of drug-likeness (QED) is 0.594. The number of esters is 2. The largest absolute Gasteiger partial charge is 0.466 e. The summed E-state index contributed by atoms with van der Waals surface area (Å²) in [4.78, 5) is 36.3. The SMILES string of the molecule is CCOC(=O)CCN(CCC(=O)OCC)C(=O)C1CC1. The van der Waals surface area contributed by atoms with Crippen LogP contribution in [0.1, 0.15) is 39.5 Å².